The molecule has 0 bridgehead atoms. The number of nitrogens with one attached hydrogen (secondary N) is 2. The summed E-state index contributed by atoms with van der Waals surface area (Å²) in [4.78, 5) is 14.6. The molecule has 100 valence electrons. The van der Waals surface area contributed by atoms with Crippen LogP contribution in [0.1, 0.15) is 17.4 Å². The number of benzene rings is 1. The summed E-state index contributed by atoms with van der Waals surface area (Å²) in [6, 6.07) is 8.57. The van der Waals surface area contributed by atoms with E-state index in [4.69, 9.17) is 27.9 Å². The molecule has 1 heterocycles. The normalized spacial score (nSPS) is 10.3. The number of carbonyl (C=O) groups excluding carboxylic acids is 1. The van der Waals surface area contributed by atoms with Gasteiger partial charge < -0.3 is 15.0 Å². The average molecular weight is 299 g/mol. The number of aromatic nitrogens is 1. The monoisotopic (exact) mass is 298 g/mol. The standard InChI is InChI=1S/C13H12Cl2N2O2/c1-2-19-9-5-3-8(4-6-9)16-13(18)11-7-10(14)12(15)17-11/h3-7,17H,2H2,1H3,(H,16,18). The van der Waals surface area contributed by atoms with E-state index in [0.29, 0.717) is 23.0 Å². The van der Waals surface area contributed by atoms with Gasteiger partial charge in [0.1, 0.15) is 16.6 Å². The molecule has 1 aromatic heterocycles. The lowest BCUT2D eigenvalue weighted by molar-refractivity contribution is 0.102. The highest BCUT2D eigenvalue weighted by atomic mass is 35.5. The van der Waals surface area contributed by atoms with Crippen LogP contribution in [0.4, 0.5) is 5.69 Å². The van der Waals surface area contributed by atoms with Crippen LogP contribution in [0.5, 0.6) is 5.75 Å². The number of carbonyl (C=O) groups is 1. The quantitative estimate of drug-likeness (QED) is 0.897. The SMILES string of the molecule is CCOc1ccc(NC(=O)c2cc(Cl)c(Cl)[nH]2)cc1. The van der Waals surface area contributed by atoms with Gasteiger partial charge in [0.2, 0.25) is 0 Å². The van der Waals surface area contributed by atoms with E-state index < -0.39 is 0 Å². The molecule has 0 aliphatic rings. The fourth-order valence-electron chi connectivity index (χ4n) is 1.53. The Morgan fingerprint density at radius 2 is 2.00 bits per heavy atom. The van der Waals surface area contributed by atoms with E-state index >= 15 is 0 Å². The summed E-state index contributed by atoms with van der Waals surface area (Å²) < 4.78 is 5.32. The highest BCUT2D eigenvalue weighted by molar-refractivity contribution is 6.41. The van der Waals surface area contributed by atoms with Gasteiger partial charge in [0.05, 0.1) is 11.6 Å². The zero-order valence-corrected chi connectivity index (χ0v) is 11.7. The lowest BCUT2D eigenvalue weighted by Crippen LogP contribution is -2.12. The van der Waals surface area contributed by atoms with Crippen molar-refractivity contribution >= 4 is 34.8 Å². The Morgan fingerprint density at radius 3 is 2.53 bits per heavy atom. The van der Waals surface area contributed by atoms with E-state index in [-0.39, 0.29) is 11.1 Å². The summed E-state index contributed by atoms with van der Waals surface area (Å²) in [6.07, 6.45) is 0. The van der Waals surface area contributed by atoms with Gasteiger partial charge in [-0.05, 0) is 37.3 Å². The molecule has 0 unspecified atom stereocenters. The number of ether oxygens (including phenoxy) is 1. The molecule has 2 aromatic rings. The molecule has 0 spiro atoms. The second kappa shape index (κ2) is 5.99. The summed E-state index contributed by atoms with van der Waals surface area (Å²) in [5, 5.41) is 3.29. The maximum absolute atomic E-state index is 11.9. The predicted octanol–water partition coefficient (Wildman–Crippen LogP) is 3.97. The summed E-state index contributed by atoms with van der Waals surface area (Å²) in [6.45, 7) is 2.51. The van der Waals surface area contributed by atoms with Crippen LogP contribution in [0.3, 0.4) is 0 Å². The van der Waals surface area contributed by atoms with Crippen molar-refractivity contribution in [2.24, 2.45) is 0 Å². The van der Waals surface area contributed by atoms with Crippen molar-refractivity contribution in [3.63, 3.8) is 0 Å². The van der Waals surface area contributed by atoms with Gasteiger partial charge in [0.15, 0.2) is 0 Å². The first-order chi connectivity index (χ1) is 9.10. The lowest BCUT2D eigenvalue weighted by atomic mass is 10.3. The Kier molecular flexibility index (Phi) is 4.35. The molecule has 0 saturated heterocycles. The summed E-state index contributed by atoms with van der Waals surface area (Å²) >= 11 is 11.5. The second-order valence-corrected chi connectivity index (χ2v) is 4.54. The van der Waals surface area contributed by atoms with Gasteiger partial charge in [-0.15, -0.1) is 0 Å². The molecule has 0 atom stereocenters. The summed E-state index contributed by atoms with van der Waals surface area (Å²) in [7, 11) is 0. The van der Waals surface area contributed by atoms with Crippen LogP contribution >= 0.6 is 23.2 Å². The van der Waals surface area contributed by atoms with E-state index in [0.717, 1.165) is 5.75 Å². The molecule has 0 radical (unpaired) electrons. The Morgan fingerprint density at radius 1 is 1.32 bits per heavy atom. The van der Waals surface area contributed by atoms with Crippen molar-refractivity contribution in [3.8, 4) is 5.75 Å². The topological polar surface area (TPSA) is 54.1 Å². The fourth-order valence-corrected chi connectivity index (χ4v) is 1.84. The van der Waals surface area contributed by atoms with Crippen molar-refractivity contribution in [2.45, 2.75) is 6.92 Å². The Labute approximate surface area is 120 Å². The molecule has 0 aliphatic carbocycles. The maximum Gasteiger partial charge on any atom is 0.272 e. The van der Waals surface area contributed by atoms with Gasteiger partial charge in [-0.2, -0.15) is 0 Å². The van der Waals surface area contributed by atoms with Crippen LogP contribution in [0.2, 0.25) is 10.2 Å². The first kappa shape index (κ1) is 13.8. The van der Waals surface area contributed by atoms with Crippen LogP contribution in [-0.4, -0.2) is 17.5 Å². The largest absolute Gasteiger partial charge is 0.494 e. The zero-order valence-electron chi connectivity index (χ0n) is 10.2. The molecular weight excluding hydrogens is 287 g/mol. The fraction of sp³-hybridized carbons (Fsp3) is 0.154. The van der Waals surface area contributed by atoms with E-state index in [1.165, 1.54) is 6.07 Å². The first-order valence-corrected chi connectivity index (χ1v) is 6.44. The summed E-state index contributed by atoms with van der Waals surface area (Å²) in [5.41, 5.74) is 0.971. The van der Waals surface area contributed by atoms with Crippen molar-refractivity contribution in [1.82, 2.24) is 4.98 Å². The average Bonchev–Trinajstić information content (AvgIpc) is 2.72. The third-order valence-corrected chi connectivity index (χ3v) is 3.09. The molecule has 6 heteroatoms. The first-order valence-electron chi connectivity index (χ1n) is 5.68. The third kappa shape index (κ3) is 3.43. The minimum atomic E-state index is -0.307. The highest BCUT2D eigenvalue weighted by Gasteiger charge is 2.11. The Balaban J connectivity index is 2.06. The Hall–Kier alpha value is -1.65. The van der Waals surface area contributed by atoms with E-state index in [9.17, 15) is 4.79 Å². The Bertz CT molecular complexity index is 559. The highest BCUT2D eigenvalue weighted by Crippen LogP contribution is 2.23. The van der Waals surface area contributed by atoms with Crippen molar-refractivity contribution in [1.29, 1.82) is 0 Å². The molecule has 2 N–H and O–H groups in total. The number of hydrogen-bond donors (Lipinski definition) is 2. The van der Waals surface area contributed by atoms with Gasteiger partial charge in [-0.25, -0.2) is 0 Å². The number of amides is 1. The van der Waals surface area contributed by atoms with E-state index in [1.54, 1.807) is 24.3 Å². The van der Waals surface area contributed by atoms with Crippen molar-refractivity contribution in [3.05, 3.63) is 46.2 Å². The molecule has 1 aromatic carbocycles. The minimum absolute atomic E-state index is 0.249. The van der Waals surface area contributed by atoms with Gasteiger partial charge in [0, 0.05) is 5.69 Å². The number of aromatic amines is 1. The number of rotatable bonds is 4. The van der Waals surface area contributed by atoms with Gasteiger partial charge in [-0.3, -0.25) is 4.79 Å². The zero-order chi connectivity index (χ0) is 13.8. The number of H-pyrrole nitrogens is 1. The smallest absolute Gasteiger partial charge is 0.272 e. The lowest BCUT2D eigenvalue weighted by Gasteiger charge is -2.06. The molecule has 19 heavy (non-hydrogen) atoms. The minimum Gasteiger partial charge on any atom is -0.494 e. The maximum atomic E-state index is 11.9. The van der Waals surface area contributed by atoms with E-state index in [1.807, 2.05) is 6.92 Å². The van der Waals surface area contributed by atoms with E-state index in [2.05, 4.69) is 10.3 Å². The second-order valence-electron chi connectivity index (χ2n) is 3.76. The molecule has 0 saturated carbocycles. The van der Waals surface area contributed by atoms with Crippen LogP contribution in [0.15, 0.2) is 30.3 Å². The molecule has 0 aliphatic heterocycles. The predicted molar refractivity (Wildman–Crippen MR) is 76.4 cm³/mol. The van der Waals surface area contributed by atoms with Gasteiger partial charge in [0.25, 0.3) is 5.91 Å². The van der Waals surface area contributed by atoms with Crippen LogP contribution in [-0.2, 0) is 0 Å². The van der Waals surface area contributed by atoms with Crippen LogP contribution in [0, 0.1) is 0 Å². The summed E-state index contributed by atoms with van der Waals surface area (Å²) in [5.74, 6) is 0.449. The van der Waals surface area contributed by atoms with Crippen LogP contribution in [0.25, 0.3) is 0 Å². The molecule has 4 nitrogen and oxygen atoms in total. The van der Waals surface area contributed by atoms with Crippen molar-refractivity contribution in [2.75, 3.05) is 11.9 Å². The molecule has 2 rings (SSSR count). The van der Waals surface area contributed by atoms with Crippen LogP contribution < -0.4 is 10.1 Å². The molecule has 1 amide bonds. The number of halogens is 2. The third-order valence-electron chi connectivity index (χ3n) is 2.39. The van der Waals surface area contributed by atoms with Gasteiger partial charge in [-0.1, -0.05) is 23.2 Å². The number of hydrogen-bond acceptors (Lipinski definition) is 2. The molecule has 0 fully saturated rings. The van der Waals surface area contributed by atoms with Gasteiger partial charge >= 0.3 is 0 Å². The van der Waals surface area contributed by atoms with Crippen molar-refractivity contribution < 1.29 is 9.53 Å². The number of anilines is 1. The molecular formula is C13H12Cl2N2O2.